The first-order valence-corrected chi connectivity index (χ1v) is 13.3. The molecule has 0 bridgehead atoms. The first-order chi connectivity index (χ1) is 18.7. The van der Waals surface area contributed by atoms with E-state index in [1.165, 1.54) is 40.8 Å². The summed E-state index contributed by atoms with van der Waals surface area (Å²) in [5.41, 5.74) is 5.14. The third kappa shape index (κ3) is 6.94. The van der Waals surface area contributed by atoms with Gasteiger partial charge in [0.25, 0.3) is 0 Å². The largest absolute Gasteiger partial charge is 0.289 e. The van der Waals surface area contributed by atoms with E-state index in [1.807, 2.05) is 72.8 Å². The molecule has 0 unspecified atom stereocenters. The number of halogens is 1. The molecule has 3 heteroatoms. The minimum absolute atomic E-state index is 0.0745. The van der Waals surface area contributed by atoms with E-state index < -0.39 is 0 Å². The van der Waals surface area contributed by atoms with Gasteiger partial charge in [-0.15, -0.1) is 0 Å². The zero-order chi connectivity index (χ0) is 27.9. The van der Waals surface area contributed by atoms with Crippen LogP contribution in [0.25, 0.3) is 10.8 Å². The van der Waals surface area contributed by atoms with Crippen molar-refractivity contribution < 1.29 is 14.0 Å². The fourth-order valence-corrected chi connectivity index (χ4v) is 4.31. The number of hydrogen-bond donors (Lipinski definition) is 0. The van der Waals surface area contributed by atoms with E-state index in [0.717, 1.165) is 16.5 Å². The third-order valence-electron chi connectivity index (χ3n) is 6.78. The van der Waals surface area contributed by atoms with Gasteiger partial charge >= 0.3 is 0 Å². The molecule has 2 nitrogen and oxygen atoms in total. The summed E-state index contributed by atoms with van der Waals surface area (Å²) < 4.78 is 12.8. The van der Waals surface area contributed by atoms with Crippen LogP contribution >= 0.6 is 0 Å². The number of rotatable bonds is 6. The van der Waals surface area contributed by atoms with Crippen LogP contribution in [0.2, 0.25) is 0 Å². The molecule has 0 aliphatic heterocycles. The van der Waals surface area contributed by atoms with E-state index in [1.54, 1.807) is 0 Å². The van der Waals surface area contributed by atoms with E-state index in [4.69, 9.17) is 0 Å². The van der Waals surface area contributed by atoms with E-state index in [9.17, 15) is 14.0 Å². The number of carbonyl (C=O) groups excluding carboxylic acids is 2. The highest BCUT2D eigenvalue weighted by Gasteiger charge is 2.11. The molecule has 0 fully saturated rings. The van der Waals surface area contributed by atoms with Gasteiger partial charge in [0.2, 0.25) is 0 Å². The molecule has 5 aromatic rings. The van der Waals surface area contributed by atoms with Crippen molar-refractivity contribution in [2.45, 2.75) is 39.5 Å². The predicted octanol–water partition coefficient (Wildman–Crippen LogP) is 9.37. The standard InChI is InChI=1S/C20H18O.C16H15FO/c1-14(2)16-8-9-18-13-19(11-10-17(18)12-16)20(21)15-6-4-3-5-7-15;1-11(2)12-3-5-13(6-4-12)16(18)14-7-9-15(17)10-8-14/h3-14H,1-2H3;3-11H,1-2H3. The average molecular weight is 517 g/mol. The first-order valence-electron chi connectivity index (χ1n) is 13.3. The molecule has 0 spiro atoms. The van der Waals surface area contributed by atoms with Crippen LogP contribution in [0.4, 0.5) is 4.39 Å². The fourth-order valence-electron chi connectivity index (χ4n) is 4.31. The molecule has 0 aliphatic carbocycles. The van der Waals surface area contributed by atoms with Crippen molar-refractivity contribution in [3.05, 3.63) is 154 Å². The Hall–Kier alpha value is -4.37. The summed E-state index contributed by atoms with van der Waals surface area (Å²) in [5.74, 6) is 0.623. The van der Waals surface area contributed by atoms with Crippen molar-refractivity contribution in [1.29, 1.82) is 0 Å². The fraction of sp³-hybridized carbons (Fsp3) is 0.167. The third-order valence-corrected chi connectivity index (χ3v) is 6.78. The van der Waals surface area contributed by atoms with E-state index in [0.29, 0.717) is 23.0 Å². The topological polar surface area (TPSA) is 34.1 Å². The second-order valence-corrected chi connectivity index (χ2v) is 10.3. The number of benzene rings is 5. The van der Waals surface area contributed by atoms with Gasteiger partial charge in [0.05, 0.1) is 0 Å². The lowest BCUT2D eigenvalue weighted by molar-refractivity contribution is 0.103. The summed E-state index contributed by atoms with van der Waals surface area (Å²) in [6.07, 6.45) is 0. The van der Waals surface area contributed by atoms with E-state index in [2.05, 4.69) is 45.9 Å². The maximum absolute atomic E-state index is 12.8. The highest BCUT2D eigenvalue weighted by atomic mass is 19.1. The van der Waals surface area contributed by atoms with Crippen LogP contribution in [0.3, 0.4) is 0 Å². The molecule has 0 atom stereocenters. The van der Waals surface area contributed by atoms with Gasteiger partial charge in [-0.1, -0.05) is 113 Å². The predicted molar refractivity (Wildman–Crippen MR) is 158 cm³/mol. The summed E-state index contributed by atoms with van der Waals surface area (Å²) in [4.78, 5) is 24.6. The van der Waals surface area contributed by atoms with Crippen molar-refractivity contribution in [1.82, 2.24) is 0 Å². The number of hydrogen-bond acceptors (Lipinski definition) is 2. The summed E-state index contributed by atoms with van der Waals surface area (Å²) in [7, 11) is 0. The Balaban J connectivity index is 0.000000183. The van der Waals surface area contributed by atoms with Gasteiger partial charge in [0, 0.05) is 22.3 Å². The lowest BCUT2D eigenvalue weighted by atomic mass is 9.96. The molecule has 0 aromatic heterocycles. The van der Waals surface area contributed by atoms with Gasteiger partial charge in [-0.2, -0.15) is 0 Å². The van der Waals surface area contributed by atoms with Crippen LogP contribution < -0.4 is 0 Å². The van der Waals surface area contributed by atoms with Crippen molar-refractivity contribution in [3.8, 4) is 0 Å². The summed E-state index contributed by atoms with van der Waals surface area (Å²) in [6.45, 7) is 8.59. The minimum atomic E-state index is -0.332. The zero-order valence-electron chi connectivity index (χ0n) is 22.8. The summed E-state index contributed by atoms with van der Waals surface area (Å²) >= 11 is 0. The second-order valence-electron chi connectivity index (χ2n) is 10.3. The Labute approximate surface area is 230 Å². The Morgan fingerprint density at radius 1 is 0.487 bits per heavy atom. The van der Waals surface area contributed by atoms with Crippen LogP contribution in [-0.4, -0.2) is 11.6 Å². The molecule has 5 aromatic carbocycles. The molecule has 39 heavy (non-hydrogen) atoms. The highest BCUT2D eigenvalue weighted by molar-refractivity contribution is 6.10. The monoisotopic (exact) mass is 516 g/mol. The Morgan fingerprint density at radius 2 is 0.923 bits per heavy atom. The number of carbonyl (C=O) groups is 2. The van der Waals surface area contributed by atoms with E-state index in [-0.39, 0.29) is 17.4 Å². The van der Waals surface area contributed by atoms with Crippen LogP contribution in [0.15, 0.2) is 115 Å². The summed E-state index contributed by atoms with van der Waals surface area (Å²) in [6, 6.07) is 35.0. The van der Waals surface area contributed by atoms with Gasteiger partial charge in [-0.05, 0) is 64.1 Å². The average Bonchev–Trinajstić information content (AvgIpc) is 2.97. The second kappa shape index (κ2) is 12.4. The van der Waals surface area contributed by atoms with Crippen molar-refractivity contribution in [2.24, 2.45) is 0 Å². The van der Waals surface area contributed by atoms with Crippen LogP contribution in [0, 0.1) is 5.82 Å². The molecule has 0 heterocycles. The Kier molecular flexibility index (Phi) is 8.83. The smallest absolute Gasteiger partial charge is 0.193 e. The molecule has 0 amide bonds. The maximum atomic E-state index is 12.8. The van der Waals surface area contributed by atoms with Crippen LogP contribution in [0.1, 0.15) is 82.5 Å². The normalized spacial score (nSPS) is 10.8. The van der Waals surface area contributed by atoms with E-state index >= 15 is 0 Å². The SMILES string of the molecule is CC(C)c1ccc(C(=O)c2ccc(F)cc2)cc1.CC(C)c1ccc2cc(C(=O)c3ccccc3)ccc2c1. The molecule has 196 valence electrons. The zero-order valence-corrected chi connectivity index (χ0v) is 22.8. The lowest BCUT2D eigenvalue weighted by Gasteiger charge is -2.08. The van der Waals surface area contributed by atoms with Gasteiger partial charge in [-0.3, -0.25) is 9.59 Å². The van der Waals surface area contributed by atoms with Crippen molar-refractivity contribution in [3.63, 3.8) is 0 Å². The maximum Gasteiger partial charge on any atom is 0.193 e. The minimum Gasteiger partial charge on any atom is -0.289 e. The Morgan fingerprint density at radius 3 is 1.51 bits per heavy atom. The highest BCUT2D eigenvalue weighted by Crippen LogP contribution is 2.23. The lowest BCUT2D eigenvalue weighted by Crippen LogP contribution is -2.01. The molecule has 0 saturated heterocycles. The molecule has 0 aliphatic rings. The van der Waals surface area contributed by atoms with Crippen LogP contribution in [-0.2, 0) is 0 Å². The van der Waals surface area contributed by atoms with Gasteiger partial charge in [0.15, 0.2) is 11.6 Å². The van der Waals surface area contributed by atoms with Gasteiger partial charge in [0.1, 0.15) is 5.82 Å². The molecule has 5 rings (SSSR count). The molecule has 0 N–H and O–H groups in total. The quantitative estimate of drug-likeness (QED) is 0.211. The molecular formula is C36H33FO2. The van der Waals surface area contributed by atoms with Crippen molar-refractivity contribution >= 4 is 22.3 Å². The summed E-state index contributed by atoms with van der Waals surface area (Å²) in [5, 5.41) is 2.30. The Bertz CT molecular complexity index is 1570. The van der Waals surface area contributed by atoms with Gasteiger partial charge < -0.3 is 0 Å². The molecule has 0 saturated carbocycles. The first kappa shape index (κ1) is 27.7. The van der Waals surface area contributed by atoms with Gasteiger partial charge in [-0.25, -0.2) is 4.39 Å². The van der Waals surface area contributed by atoms with Crippen LogP contribution in [0.5, 0.6) is 0 Å². The number of fused-ring (bicyclic) bond motifs is 1. The number of ketones is 2. The van der Waals surface area contributed by atoms with Crippen molar-refractivity contribution in [2.75, 3.05) is 0 Å². The molecular weight excluding hydrogens is 483 g/mol. The molecule has 0 radical (unpaired) electrons.